The summed E-state index contributed by atoms with van der Waals surface area (Å²) < 4.78 is 23.7. The summed E-state index contributed by atoms with van der Waals surface area (Å²) in [5.41, 5.74) is 0. The van der Waals surface area contributed by atoms with E-state index in [4.69, 9.17) is 9.47 Å². The fourth-order valence-electron chi connectivity index (χ4n) is 1.47. The Hall–Kier alpha value is -1.10. The van der Waals surface area contributed by atoms with Gasteiger partial charge in [0.15, 0.2) is 6.10 Å². The Labute approximate surface area is 114 Å². The summed E-state index contributed by atoms with van der Waals surface area (Å²) in [4.78, 5) is 11.6. The molecule has 0 bridgehead atoms. The molecule has 0 radical (unpaired) electrons. The maximum Gasteiger partial charge on any atom is 0.347 e. The van der Waals surface area contributed by atoms with Gasteiger partial charge in [-0.15, -0.1) is 0 Å². The second-order valence-electron chi connectivity index (χ2n) is 3.85. The zero-order valence-corrected chi connectivity index (χ0v) is 12.0. The van der Waals surface area contributed by atoms with E-state index in [-0.39, 0.29) is 5.82 Å². The number of carbonyl (C=O) groups is 1. The highest BCUT2D eigenvalue weighted by atomic mass is 79.9. The molecule has 0 saturated heterocycles. The van der Waals surface area contributed by atoms with Crippen molar-refractivity contribution >= 4 is 21.9 Å². The first-order chi connectivity index (χ1) is 8.58. The predicted molar refractivity (Wildman–Crippen MR) is 70.1 cm³/mol. The zero-order valence-electron chi connectivity index (χ0n) is 10.4. The van der Waals surface area contributed by atoms with Crippen LogP contribution >= 0.6 is 15.9 Å². The van der Waals surface area contributed by atoms with Gasteiger partial charge in [-0.25, -0.2) is 9.18 Å². The number of hydrogen-bond acceptors (Lipinski definition) is 3. The van der Waals surface area contributed by atoms with Crippen LogP contribution in [-0.2, 0) is 9.53 Å². The standard InChI is InChI=1S/C13H16BrFO3/c1-3-4-5-12(13(16)17-2)18-11-7-6-9(15)8-10(11)14/h6-8,12H,3-5H2,1-2H3. The monoisotopic (exact) mass is 318 g/mol. The average Bonchev–Trinajstić information content (AvgIpc) is 2.36. The van der Waals surface area contributed by atoms with Crippen molar-refractivity contribution in [1.29, 1.82) is 0 Å². The average molecular weight is 319 g/mol. The van der Waals surface area contributed by atoms with Gasteiger partial charge in [0.2, 0.25) is 0 Å². The van der Waals surface area contributed by atoms with Crippen LogP contribution in [0.15, 0.2) is 22.7 Å². The van der Waals surface area contributed by atoms with Gasteiger partial charge in [0.25, 0.3) is 0 Å². The summed E-state index contributed by atoms with van der Waals surface area (Å²) in [5.74, 6) is -0.347. The summed E-state index contributed by atoms with van der Waals surface area (Å²) in [6.07, 6.45) is 1.74. The third-order valence-electron chi connectivity index (χ3n) is 2.45. The Morgan fingerprint density at radius 2 is 2.22 bits per heavy atom. The van der Waals surface area contributed by atoms with Crippen molar-refractivity contribution in [3.8, 4) is 5.75 Å². The van der Waals surface area contributed by atoms with E-state index in [0.29, 0.717) is 16.6 Å². The van der Waals surface area contributed by atoms with Gasteiger partial charge in [-0.2, -0.15) is 0 Å². The van der Waals surface area contributed by atoms with Crippen LogP contribution in [0.3, 0.4) is 0 Å². The van der Waals surface area contributed by atoms with Crippen molar-refractivity contribution in [3.63, 3.8) is 0 Å². The first kappa shape index (κ1) is 15.0. The van der Waals surface area contributed by atoms with Crippen LogP contribution in [0.4, 0.5) is 4.39 Å². The van der Waals surface area contributed by atoms with Crippen LogP contribution in [0.5, 0.6) is 5.75 Å². The summed E-state index contributed by atoms with van der Waals surface area (Å²) in [7, 11) is 1.32. The molecule has 0 heterocycles. The van der Waals surface area contributed by atoms with Crippen molar-refractivity contribution in [2.24, 2.45) is 0 Å². The van der Waals surface area contributed by atoms with E-state index in [9.17, 15) is 9.18 Å². The van der Waals surface area contributed by atoms with Crippen LogP contribution in [0.2, 0.25) is 0 Å². The second kappa shape index (κ2) is 7.36. The molecule has 0 spiro atoms. The molecule has 0 fully saturated rings. The lowest BCUT2D eigenvalue weighted by atomic mass is 10.1. The minimum absolute atomic E-state index is 0.364. The molecule has 5 heteroatoms. The molecular formula is C13H16BrFO3. The molecule has 1 aromatic rings. The first-order valence-electron chi connectivity index (χ1n) is 5.78. The van der Waals surface area contributed by atoms with Crippen molar-refractivity contribution in [2.45, 2.75) is 32.3 Å². The Morgan fingerprint density at radius 3 is 2.78 bits per heavy atom. The summed E-state index contributed by atoms with van der Waals surface area (Å²) >= 11 is 3.20. The lowest BCUT2D eigenvalue weighted by Crippen LogP contribution is -2.28. The highest BCUT2D eigenvalue weighted by Gasteiger charge is 2.21. The molecule has 1 atom stereocenters. The number of methoxy groups -OCH3 is 1. The van der Waals surface area contributed by atoms with Crippen LogP contribution in [0.1, 0.15) is 26.2 Å². The molecule has 18 heavy (non-hydrogen) atoms. The normalized spacial score (nSPS) is 12.0. The number of ether oxygens (including phenoxy) is 2. The minimum Gasteiger partial charge on any atom is -0.478 e. The Balaban J connectivity index is 2.78. The van der Waals surface area contributed by atoms with Crippen molar-refractivity contribution in [2.75, 3.05) is 7.11 Å². The predicted octanol–water partition coefficient (Wildman–Crippen LogP) is 3.70. The van der Waals surface area contributed by atoms with Gasteiger partial charge in [-0.05, 0) is 47.0 Å². The lowest BCUT2D eigenvalue weighted by Gasteiger charge is -2.17. The first-order valence-corrected chi connectivity index (χ1v) is 6.57. The molecule has 0 N–H and O–H groups in total. The van der Waals surface area contributed by atoms with E-state index in [2.05, 4.69) is 15.9 Å². The Bertz CT molecular complexity index is 409. The van der Waals surface area contributed by atoms with Crippen LogP contribution in [0.25, 0.3) is 0 Å². The fourth-order valence-corrected chi connectivity index (χ4v) is 1.91. The summed E-state index contributed by atoms with van der Waals surface area (Å²) in [6.45, 7) is 2.03. The van der Waals surface area contributed by atoms with Gasteiger partial charge < -0.3 is 9.47 Å². The SMILES string of the molecule is CCCCC(Oc1ccc(F)cc1Br)C(=O)OC. The molecule has 100 valence electrons. The molecule has 1 unspecified atom stereocenters. The van der Waals surface area contributed by atoms with Crippen LogP contribution in [-0.4, -0.2) is 19.2 Å². The quantitative estimate of drug-likeness (QED) is 0.750. The van der Waals surface area contributed by atoms with E-state index in [1.165, 1.54) is 25.3 Å². The van der Waals surface area contributed by atoms with Crippen molar-refractivity contribution in [1.82, 2.24) is 0 Å². The van der Waals surface area contributed by atoms with Gasteiger partial charge >= 0.3 is 5.97 Å². The van der Waals surface area contributed by atoms with E-state index < -0.39 is 12.1 Å². The molecule has 0 aromatic heterocycles. The number of hydrogen-bond donors (Lipinski definition) is 0. The second-order valence-corrected chi connectivity index (χ2v) is 4.70. The van der Waals surface area contributed by atoms with Gasteiger partial charge in [0, 0.05) is 0 Å². The van der Waals surface area contributed by atoms with E-state index in [0.717, 1.165) is 12.8 Å². The largest absolute Gasteiger partial charge is 0.478 e. The smallest absolute Gasteiger partial charge is 0.347 e. The van der Waals surface area contributed by atoms with Gasteiger partial charge in [-0.3, -0.25) is 0 Å². The summed E-state index contributed by atoms with van der Waals surface area (Å²) in [5, 5.41) is 0. The third kappa shape index (κ3) is 4.29. The van der Waals surface area contributed by atoms with Crippen LogP contribution < -0.4 is 4.74 Å². The maximum absolute atomic E-state index is 12.9. The number of halogens is 2. The number of rotatable bonds is 6. The van der Waals surface area contributed by atoms with Crippen LogP contribution in [0, 0.1) is 5.82 Å². The molecule has 1 aromatic carbocycles. The highest BCUT2D eigenvalue weighted by Crippen LogP contribution is 2.27. The molecule has 0 aliphatic heterocycles. The summed E-state index contributed by atoms with van der Waals surface area (Å²) in [6, 6.07) is 4.07. The minimum atomic E-state index is -0.656. The molecule has 0 amide bonds. The molecule has 1 rings (SSSR count). The van der Waals surface area contributed by atoms with E-state index in [1.807, 2.05) is 6.92 Å². The van der Waals surface area contributed by atoms with E-state index in [1.54, 1.807) is 0 Å². The fraction of sp³-hybridized carbons (Fsp3) is 0.462. The number of unbranched alkanes of at least 4 members (excludes halogenated alkanes) is 1. The highest BCUT2D eigenvalue weighted by molar-refractivity contribution is 9.10. The molecular weight excluding hydrogens is 303 g/mol. The van der Waals surface area contributed by atoms with Gasteiger partial charge in [0.05, 0.1) is 11.6 Å². The molecule has 0 saturated carbocycles. The van der Waals surface area contributed by atoms with Gasteiger partial charge in [-0.1, -0.05) is 13.3 Å². The maximum atomic E-state index is 12.9. The van der Waals surface area contributed by atoms with Crippen molar-refractivity contribution < 1.29 is 18.7 Å². The Morgan fingerprint density at radius 1 is 1.50 bits per heavy atom. The van der Waals surface area contributed by atoms with Gasteiger partial charge in [0.1, 0.15) is 11.6 Å². The number of esters is 1. The topological polar surface area (TPSA) is 35.5 Å². The zero-order chi connectivity index (χ0) is 13.5. The number of benzene rings is 1. The molecule has 3 nitrogen and oxygen atoms in total. The lowest BCUT2D eigenvalue weighted by molar-refractivity contribution is -0.149. The molecule has 0 aliphatic rings. The molecule has 0 aliphatic carbocycles. The van der Waals surface area contributed by atoms with E-state index >= 15 is 0 Å². The third-order valence-corrected chi connectivity index (χ3v) is 3.07. The van der Waals surface area contributed by atoms with Crippen molar-refractivity contribution in [3.05, 3.63) is 28.5 Å². The number of carbonyl (C=O) groups excluding carboxylic acids is 1. The Kier molecular flexibility index (Phi) is 6.12.